The topological polar surface area (TPSA) is 54.0 Å². The summed E-state index contributed by atoms with van der Waals surface area (Å²) in [4.78, 5) is 15.9. The Hall–Kier alpha value is -0.940. The second kappa shape index (κ2) is 5.41. The number of hydrogen-bond donors (Lipinski definition) is 2. The number of aromatic nitrogens is 1. The summed E-state index contributed by atoms with van der Waals surface area (Å²) in [5.41, 5.74) is 2.88. The molecule has 0 bridgehead atoms. The van der Waals surface area contributed by atoms with Gasteiger partial charge in [-0.1, -0.05) is 6.92 Å². The van der Waals surface area contributed by atoms with Gasteiger partial charge in [0.25, 0.3) is 0 Å². The first-order chi connectivity index (χ1) is 7.77. The molecule has 1 aliphatic heterocycles. The highest BCUT2D eigenvalue weighted by molar-refractivity contribution is 7.07. The molecule has 2 rings (SSSR count). The molecule has 1 aromatic heterocycles. The van der Waals surface area contributed by atoms with E-state index in [2.05, 4.69) is 15.6 Å². The van der Waals surface area contributed by atoms with Crippen LogP contribution in [0.4, 0.5) is 0 Å². The molecule has 1 atom stereocenters. The van der Waals surface area contributed by atoms with Crippen LogP contribution in [0.3, 0.4) is 0 Å². The molecule has 0 spiro atoms. The molecule has 0 aliphatic carbocycles. The Kier molecular flexibility index (Phi) is 3.90. The maximum atomic E-state index is 11.7. The zero-order chi connectivity index (χ0) is 11.4. The molecule has 1 amide bonds. The Morgan fingerprint density at radius 3 is 3.12 bits per heavy atom. The van der Waals surface area contributed by atoms with Gasteiger partial charge in [0.05, 0.1) is 11.2 Å². The van der Waals surface area contributed by atoms with Crippen LogP contribution in [-0.2, 0) is 11.2 Å². The van der Waals surface area contributed by atoms with Crippen LogP contribution in [0.1, 0.15) is 12.6 Å². The van der Waals surface area contributed by atoms with Crippen LogP contribution < -0.4 is 10.6 Å². The Bertz CT molecular complexity index is 335. The van der Waals surface area contributed by atoms with Gasteiger partial charge in [-0.3, -0.25) is 4.79 Å². The molecule has 0 radical (unpaired) electrons. The smallest absolute Gasteiger partial charge is 0.223 e. The standard InChI is InChI=1S/C11H17N3OS/c1-8(9-4-12-5-9)11(15)13-3-2-10-6-16-7-14-10/h6-9,12H,2-5H2,1H3,(H,13,15). The Morgan fingerprint density at radius 1 is 1.75 bits per heavy atom. The van der Waals surface area contributed by atoms with Gasteiger partial charge in [0.15, 0.2) is 0 Å². The zero-order valence-corrected chi connectivity index (χ0v) is 10.2. The molecule has 4 nitrogen and oxygen atoms in total. The van der Waals surface area contributed by atoms with Gasteiger partial charge in [0.1, 0.15) is 0 Å². The van der Waals surface area contributed by atoms with E-state index in [0.717, 1.165) is 25.2 Å². The predicted molar refractivity (Wildman–Crippen MR) is 64.4 cm³/mol. The number of hydrogen-bond acceptors (Lipinski definition) is 4. The van der Waals surface area contributed by atoms with Gasteiger partial charge in [-0.2, -0.15) is 0 Å². The van der Waals surface area contributed by atoms with Gasteiger partial charge in [0, 0.05) is 24.3 Å². The summed E-state index contributed by atoms with van der Waals surface area (Å²) in [7, 11) is 0. The molecule has 1 saturated heterocycles. The van der Waals surface area contributed by atoms with Crippen LogP contribution in [-0.4, -0.2) is 30.5 Å². The number of nitrogens with one attached hydrogen (secondary N) is 2. The molecular weight excluding hydrogens is 222 g/mol. The molecule has 5 heteroatoms. The number of nitrogens with zero attached hydrogens (tertiary/aromatic N) is 1. The molecule has 0 saturated carbocycles. The third-order valence-corrected chi connectivity index (χ3v) is 3.73. The number of carbonyl (C=O) groups is 1. The van der Waals surface area contributed by atoms with E-state index in [-0.39, 0.29) is 11.8 Å². The summed E-state index contributed by atoms with van der Waals surface area (Å²) < 4.78 is 0. The lowest BCUT2D eigenvalue weighted by atomic mass is 9.88. The lowest BCUT2D eigenvalue weighted by Gasteiger charge is -2.31. The van der Waals surface area contributed by atoms with E-state index >= 15 is 0 Å². The van der Waals surface area contributed by atoms with E-state index < -0.39 is 0 Å². The minimum atomic E-state index is 0.122. The molecule has 2 N–H and O–H groups in total. The number of thiazole rings is 1. The third kappa shape index (κ3) is 2.80. The maximum absolute atomic E-state index is 11.7. The Balaban J connectivity index is 1.67. The minimum absolute atomic E-state index is 0.122. The summed E-state index contributed by atoms with van der Waals surface area (Å²) in [6, 6.07) is 0. The monoisotopic (exact) mass is 239 g/mol. The summed E-state index contributed by atoms with van der Waals surface area (Å²) in [5, 5.41) is 8.17. The molecule has 2 heterocycles. The van der Waals surface area contributed by atoms with Crippen molar-refractivity contribution in [1.82, 2.24) is 15.6 Å². The van der Waals surface area contributed by atoms with Crippen LogP contribution in [0, 0.1) is 11.8 Å². The SMILES string of the molecule is CC(C(=O)NCCc1cscn1)C1CNC1. The van der Waals surface area contributed by atoms with Crippen molar-refractivity contribution >= 4 is 17.2 Å². The fraction of sp³-hybridized carbons (Fsp3) is 0.636. The molecule has 88 valence electrons. The highest BCUT2D eigenvalue weighted by Crippen LogP contribution is 2.15. The molecule has 1 fully saturated rings. The van der Waals surface area contributed by atoms with Crippen LogP contribution in [0.2, 0.25) is 0 Å². The lowest BCUT2D eigenvalue weighted by Crippen LogP contribution is -2.49. The van der Waals surface area contributed by atoms with Crippen molar-refractivity contribution in [2.75, 3.05) is 19.6 Å². The summed E-state index contributed by atoms with van der Waals surface area (Å²) in [5.74, 6) is 0.803. The van der Waals surface area contributed by atoms with Gasteiger partial charge in [-0.05, 0) is 19.0 Å². The highest BCUT2D eigenvalue weighted by Gasteiger charge is 2.28. The van der Waals surface area contributed by atoms with E-state index in [1.807, 2.05) is 17.8 Å². The summed E-state index contributed by atoms with van der Waals surface area (Å²) in [6.45, 7) is 4.64. The average molecular weight is 239 g/mol. The minimum Gasteiger partial charge on any atom is -0.355 e. The lowest BCUT2D eigenvalue weighted by molar-refractivity contribution is -0.126. The van der Waals surface area contributed by atoms with Crippen molar-refractivity contribution in [2.24, 2.45) is 11.8 Å². The van der Waals surface area contributed by atoms with E-state index in [0.29, 0.717) is 12.5 Å². The summed E-state index contributed by atoms with van der Waals surface area (Å²) >= 11 is 1.59. The van der Waals surface area contributed by atoms with Gasteiger partial charge < -0.3 is 10.6 Å². The van der Waals surface area contributed by atoms with Crippen molar-refractivity contribution < 1.29 is 4.79 Å². The molecule has 1 unspecified atom stereocenters. The second-order valence-electron chi connectivity index (χ2n) is 4.23. The fourth-order valence-corrected chi connectivity index (χ4v) is 2.31. The first-order valence-corrected chi connectivity index (χ1v) is 6.57. The molecule has 0 aromatic carbocycles. The van der Waals surface area contributed by atoms with Crippen LogP contribution in [0.25, 0.3) is 0 Å². The Labute approximate surface area is 99.5 Å². The van der Waals surface area contributed by atoms with E-state index in [1.165, 1.54) is 0 Å². The number of amides is 1. The maximum Gasteiger partial charge on any atom is 0.223 e. The zero-order valence-electron chi connectivity index (χ0n) is 9.40. The number of rotatable bonds is 5. The van der Waals surface area contributed by atoms with Crippen LogP contribution in [0.5, 0.6) is 0 Å². The van der Waals surface area contributed by atoms with Gasteiger partial charge >= 0.3 is 0 Å². The van der Waals surface area contributed by atoms with Crippen molar-refractivity contribution in [1.29, 1.82) is 0 Å². The molecule has 1 aromatic rings. The largest absolute Gasteiger partial charge is 0.355 e. The van der Waals surface area contributed by atoms with Crippen molar-refractivity contribution in [3.8, 4) is 0 Å². The van der Waals surface area contributed by atoms with Crippen molar-refractivity contribution in [3.63, 3.8) is 0 Å². The third-order valence-electron chi connectivity index (χ3n) is 3.10. The first-order valence-electron chi connectivity index (χ1n) is 5.63. The quantitative estimate of drug-likeness (QED) is 0.793. The average Bonchev–Trinajstić information content (AvgIpc) is 2.67. The first kappa shape index (κ1) is 11.5. The van der Waals surface area contributed by atoms with Crippen LogP contribution in [0.15, 0.2) is 10.9 Å². The van der Waals surface area contributed by atoms with Crippen molar-refractivity contribution in [2.45, 2.75) is 13.3 Å². The van der Waals surface area contributed by atoms with E-state index in [9.17, 15) is 4.79 Å². The van der Waals surface area contributed by atoms with Gasteiger partial charge in [-0.25, -0.2) is 4.98 Å². The highest BCUT2D eigenvalue weighted by atomic mass is 32.1. The fourth-order valence-electron chi connectivity index (χ4n) is 1.71. The van der Waals surface area contributed by atoms with E-state index in [1.54, 1.807) is 11.3 Å². The van der Waals surface area contributed by atoms with Gasteiger partial charge in [-0.15, -0.1) is 11.3 Å². The van der Waals surface area contributed by atoms with Crippen LogP contribution >= 0.6 is 11.3 Å². The molecular formula is C11H17N3OS. The predicted octanol–water partition coefficient (Wildman–Crippen LogP) is 0.657. The number of carbonyl (C=O) groups excluding carboxylic acids is 1. The van der Waals surface area contributed by atoms with Gasteiger partial charge in [0.2, 0.25) is 5.91 Å². The molecule has 1 aliphatic rings. The van der Waals surface area contributed by atoms with Crippen molar-refractivity contribution in [3.05, 3.63) is 16.6 Å². The normalized spacial score (nSPS) is 17.8. The molecule has 16 heavy (non-hydrogen) atoms. The second-order valence-corrected chi connectivity index (χ2v) is 4.95. The summed E-state index contributed by atoms with van der Waals surface area (Å²) in [6.07, 6.45) is 0.824. The Morgan fingerprint density at radius 2 is 2.56 bits per heavy atom. The van der Waals surface area contributed by atoms with E-state index in [4.69, 9.17) is 0 Å².